The topological polar surface area (TPSA) is 18.0 Å². The monoisotopic (exact) mass is 259 g/mol. The summed E-state index contributed by atoms with van der Waals surface area (Å²) in [6.07, 6.45) is 5.31. The van der Waals surface area contributed by atoms with Gasteiger partial charge in [-0.2, -0.15) is 0 Å². The first kappa shape index (κ1) is 13.7. The van der Waals surface area contributed by atoms with Crippen molar-refractivity contribution in [3.63, 3.8) is 0 Å². The molecule has 0 amide bonds. The molecule has 1 heterocycles. The molecule has 19 heavy (non-hydrogen) atoms. The minimum Gasteiger partial charge on any atom is -0.497 e. The van der Waals surface area contributed by atoms with E-state index in [4.69, 9.17) is 4.74 Å². The van der Waals surface area contributed by atoms with Gasteiger partial charge in [-0.05, 0) is 36.6 Å². The zero-order valence-electron chi connectivity index (χ0n) is 12.3. The Hall–Kier alpha value is -1.77. The zero-order valence-corrected chi connectivity index (χ0v) is 12.3. The zero-order chi connectivity index (χ0) is 13.8. The molecular weight excluding hydrogens is 236 g/mol. The second-order valence-electron chi connectivity index (χ2n) is 4.80. The van der Waals surface area contributed by atoms with Gasteiger partial charge in [-0.3, -0.25) is 0 Å². The maximum absolute atomic E-state index is 5.38. The number of imidazole rings is 1. The molecule has 0 N–H and O–H groups in total. The van der Waals surface area contributed by atoms with Crippen molar-refractivity contribution >= 4 is 0 Å². The van der Waals surface area contributed by atoms with Gasteiger partial charge in [0.2, 0.25) is 0 Å². The Morgan fingerprint density at radius 2 is 1.89 bits per heavy atom. The Labute approximate surface area is 115 Å². The lowest BCUT2D eigenvalue weighted by molar-refractivity contribution is -0.694. The quantitative estimate of drug-likeness (QED) is 0.755. The summed E-state index contributed by atoms with van der Waals surface area (Å²) in [5, 5.41) is 0. The molecule has 0 aliphatic rings. The van der Waals surface area contributed by atoms with Crippen LogP contribution in [0.15, 0.2) is 30.6 Å². The molecule has 0 fully saturated rings. The van der Waals surface area contributed by atoms with Crippen LogP contribution in [-0.2, 0) is 19.5 Å². The summed E-state index contributed by atoms with van der Waals surface area (Å²) in [6.45, 7) is 8.40. The number of rotatable bonds is 5. The first-order valence-electron chi connectivity index (χ1n) is 6.90. The molecule has 2 aromatic rings. The van der Waals surface area contributed by atoms with Crippen LogP contribution in [-0.4, -0.2) is 11.7 Å². The molecular formula is C16H23N2O+. The Morgan fingerprint density at radius 3 is 2.47 bits per heavy atom. The summed E-state index contributed by atoms with van der Waals surface area (Å²) in [6, 6.07) is 6.49. The van der Waals surface area contributed by atoms with Crippen molar-refractivity contribution < 1.29 is 9.30 Å². The van der Waals surface area contributed by atoms with Crippen molar-refractivity contribution in [2.45, 2.75) is 40.3 Å². The van der Waals surface area contributed by atoms with Crippen LogP contribution in [0.4, 0.5) is 0 Å². The third-order valence-corrected chi connectivity index (χ3v) is 3.62. The molecule has 1 aromatic carbocycles. The molecule has 102 valence electrons. The van der Waals surface area contributed by atoms with Crippen molar-refractivity contribution in [1.29, 1.82) is 0 Å². The van der Waals surface area contributed by atoms with Crippen molar-refractivity contribution in [3.05, 3.63) is 47.5 Å². The maximum Gasteiger partial charge on any atom is 0.253 e. The van der Waals surface area contributed by atoms with Gasteiger partial charge in [0.1, 0.15) is 24.7 Å². The maximum atomic E-state index is 5.38. The second-order valence-corrected chi connectivity index (χ2v) is 4.80. The van der Waals surface area contributed by atoms with Crippen molar-refractivity contribution in [3.8, 4) is 5.75 Å². The molecule has 0 saturated heterocycles. The molecule has 0 atom stereocenters. The number of benzene rings is 1. The summed E-state index contributed by atoms with van der Waals surface area (Å²) in [4.78, 5) is 0. The van der Waals surface area contributed by atoms with E-state index < -0.39 is 0 Å². The van der Waals surface area contributed by atoms with Gasteiger partial charge in [-0.1, -0.05) is 13.0 Å². The summed E-state index contributed by atoms with van der Waals surface area (Å²) in [7, 11) is 1.73. The van der Waals surface area contributed by atoms with E-state index in [1.807, 2.05) is 0 Å². The molecule has 0 saturated carbocycles. The fraction of sp³-hybridized carbons (Fsp3) is 0.438. The highest BCUT2D eigenvalue weighted by Gasteiger charge is 2.11. The minimum absolute atomic E-state index is 0.892. The lowest BCUT2D eigenvalue weighted by Crippen LogP contribution is -2.36. The summed E-state index contributed by atoms with van der Waals surface area (Å²) >= 11 is 0. The predicted molar refractivity (Wildman–Crippen MR) is 76.5 cm³/mol. The first-order valence-corrected chi connectivity index (χ1v) is 6.90. The number of methoxy groups -OCH3 is 1. The van der Waals surface area contributed by atoms with E-state index in [0.29, 0.717) is 0 Å². The third-order valence-electron chi connectivity index (χ3n) is 3.62. The summed E-state index contributed by atoms with van der Waals surface area (Å²) in [5.74, 6) is 2.23. The Kier molecular flexibility index (Phi) is 4.25. The van der Waals surface area contributed by atoms with Crippen LogP contribution >= 0.6 is 0 Å². The molecule has 0 unspecified atom stereocenters. The standard InChI is InChI=1S/C16H23N2O/c1-5-14-9-15(11-16(10-14)19-4)12-18-8-7-17(6-2)13(18)3/h7-11H,5-6,12H2,1-4H3/q+1. The van der Waals surface area contributed by atoms with Crippen LogP contribution < -0.4 is 9.30 Å². The number of ether oxygens (including phenoxy) is 1. The lowest BCUT2D eigenvalue weighted by atomic mass is 10.1. The summed E-state index contributed by atoms with van der Waals surface area (Å²) in [5.41, 5.74) is 2.61. The number of hydrogen-bond donors (Lipinski definition) is 0. The normalized spacial score (nSPS) is 10.7. The summed E-state index contributed by atoms with van der Waals surface area (Å²) < 4.78 is 9.90. The smallest absolute Gasteiger partial charge is 0.253 e. The van der Waals surface area contributed by atoms with Gasteiger partial charge in [-0.25, -0.2) is 9.13 Å². The van der Waals surface area contributed by atoms with Gasteiger partial charge in [0, 0.05) is 6.92 Å². The first-order chi connectivity index (χ1) is 9.17. The molecule has 2 rings (SSSR count). The van der Waals surface area contributed by atoms with Gasteiger partial charge in [-0.15, -0.1) is 0 Å². The van der Waals surface area contributed by atoms with E-state index in [2.05, 4.69) is 60.5 Å². The van der Waals surface area contributed by atoms with E-state index in [0.717, 1.165) is 25.3 Å². The van der Waals surface area contributed by atoms with Gasteiger partial charge in [0.25, 0.3) is 5.82 Å². The van der Waals surface area contributed by atoms with Crippen LogP contribution in [0.3, 0.4) is 0 Å². The minimum atomic E-state index is 0.892. The van der Waals surface area contributed by atoms with E-state index >= 15 is 0 Å². The fourth-order valence-corrected chi connectivity index (χ4v) is 2.38. The number of hydrogen-bond acceptors (Lipinski definition) is 1. The Morgan fingerprint density at radius 1 is 1.16 bits per heavy atom. The molecule has 0 bridgehead atoms. The average molecular weight is 259 g/mol. The molecule has 0 spiro atoms. The molecule has 3 nitrogen and oxygen atoms in total. The molecule has 0 radical (unpaired) electrons. The number of aromatic nitrogens is 2. The van der Waals surface area contributed by atoms with Crippen molar-refractivity contribution in [1.82, 2.24) is 4.57 Å². The van der Waals surface area contributed by atoms with E-state index in [9.17, 15) is 0 Å². The van der Waals surface area contributed by atoms with Crippen LogP contribution in [0.25, 0.3) is 0 Å². The number of nitrogens with zero attached hydrogens (tertiary/aromatic N) is 2. The van der Waals surface area contributed by atoms with Crippen LogP contribution in [0.5, 0.6) is 5.75 Å². The molecule has 3 heteroatoms. The highest BCUT2D eigenvalue weighted by Crippen LogP contribution is 2.17. The van der Waals surface area contributed by atoms with E-state index in [-0.39, 0.29) is 0 Å². The van der Waals surface area contributed by atoms with E-state index in [1.165, 1.54) is 17.0 Å². The van der Waals surface area contributed by atoms with E-state index in [1.54, 1.807) is 7.11 Å². The van der Waals surface area contributed by atoms with Crippen molar-refractivity contribution in [2.24, 2.45) is 0 Å². The van der Waals surface area contributed by atoms with Crippen molar-refractivity contribution in [2.75, 3.05) is 7.11 Å². The second kappa shape index (κ2) is 5.91. The Balaban J connectivity index is 2.29. The van der Waals surface area contributed by atoms with Gasteiger partial charge in [0.05, 0.1) is 13.7 Å². The largest absolute Gasteiger partial charge is 0.497 e. The van der Waals surface area contributed by atoms with Gasteiger partial charge >= 0.3 is 0 Å². The highest BCUT2D eigenvalue weighted by molar-refractivity contribution is 5.34. The van der Waals surface area contributed by atoms with Gasteiger partial charge in [0.15, 0.2) is 0 Å². The molecule has 1 aromatic heterocycles. The van der Waals surface area contributed by atoms with Crippen LogP contribution in [0.1, 0.15) is 30.8 Å². The third kappa shape index (κ3) is 2.98. The van der Waals surface area contributed by atoms with Gasteiger partial charge < -0.3 is 4.74 Å². The Bertz CT molecular complexity index is 536. The SMILES string of the molecule is CCc1cc(C[n+]2ccn(CC)c2C)cc(OC)c1. The lowest BCUT2D eigenvalue weighted by Gasteiger charge is -2.07. The molecule has 0 aliphatic carbocycles. The number of aryl methyl sites for hydroxylation is 2. The van der Waals surface area contributed by atoms with Crippen LogP contribution in [0.2, 0.25) is 0 Å². The molecule has 0 aliphatic heterocycles. The highest BCUT2D eigenvalue weighted by atomic mass is 16.5. The average Bonchev–Trinajstić information content (AvgIpc) is 2.79. The fourth-order valence-electron chi connectivity index (χ4n) is 2.38. The van der Waals surface area contributed by atoms with Crippen LogP contribution in [0, 0.1) is 6.92 Å². The predicted octanol–water partition coefficient (Wildman–Crippen LogP) is 2.72.